The molecule has 0 unspecified atom stereocenters. The molecule has 1 aliphatic heterocycles. The van der Waals surface area contributed by atoms with Gasteiger partial charge >= 0.3 is 0 Å². The van der Waals surface area contributed by atoms with Crippen molar-refractivity contribution in [2.45, 2.75) is 18.6 Å². The third kappa shape index (κ3) is 4.01. The second kappa shape index (κ2) is 7.95. The standard InChI is InChI=1S/C20H23NO2/c1-2-8-16-9-6-7-12-18(16)23-20(17-10-4-3-5-11-17)19-15-21-13-14-22-19/h2-7,9-12,19-21H,1,8,13-15H2/t19-,20-/m0/s1. The van der Waals surface area contributed by atoms with E-state index in [1.807, 2.05) is 42.5 Å². The highest BCUT2D eigenvalue weighted by Crippen LogP contribution is 2.29. The van der Waals surface area contributed by atoms with E-state index in [4.69, 9.17) is 9.47 Å². The van der Waals surface area contributed by atoms with Gasteiger partial charge in [0.05, 0.1) is 6.61 Å². The largest absolute Gasteiger partial charge is 0.483 e. The fourth-order valence-electron chi connectivity index (χ4n) is 2.86. The van der Waals surface area contributed by atoms with Crippen LogP contribution in [0.2, 0.25) is 0 Å². The van der Waals surface area contributed by atoms with Gasteiger partial charge in [-0.1, -0.05) is 54.6 Å². The second-order valence-electron chi connectivity index (χ2n) is 5.66. The molecule has 1 N–H and O–H groups in total. The molecule has 120 valence electrons. The minimum Gasteiger partial charge on any atom is -0.483 e. The van der Waals surface area contributed by atoms with E-state index in [-0.39, 0.29) is 12.2 Å². The van der Waals surface area contributed by atoms with Crippen molar-refractivity contribution in [3.05, 3.63) is 78.4 Å². The number of hydrogen-bond acceptors (Lipinski definition) is 3. The minimum atomic E-state index is -0.130. The van der Waals surface area contributed by atoms with Gasteiger partial charge < -0.3 is 14.8 Å². The Kier molecular flexibility index (Phi) is 5.46. The van der Waals surface area contributed by atoms with Crippen molar-refractivity contribution in [3.8, 4) is 5.75 Å². The van der Waals surface area contributed by atoms with Crippen LogP contribution in [0.25, 0.3) is 0 Å². The summed E-state index contributed by atoms with van der Waals surface area (Å²) in [5.41, 5.74) is 2.28. The molecular weight excluding hydrogens is 286 g/mol. The summed E-state index contributed by atoms with van der Waals surface area (Å²) in [6.45, 7) is 6.24. The van der Waals surface area contributed by atoms with E-state index >= 15 is 0 Å². The fraction of sp³-hybridized carbons (Fsp3) is 0.300. The molecule has 3 rings (SSSR count). The molecule has 3 heteroatoms. The smallest absolute Gasteiger partial charge is 0.151 e. The second-order valence-corrected chi connectivity index (χ2v) is 5.66. The number of allylic oxidation sites excluding steroid dienone is 1. The van der Waals surface area contributed by atoms with Gasteiger partial charge in [-0.3, -0.25) is 0 Å². The zero-order chi connectivity index (χ0) is 15.9. The SMILES string of the molecule is C=CCc1ccccc1O[C@@H](c1ccccc1)[C@@H]1CNCCO1. The van der Waals surface area contributed by atoms with E-state index in [0.717, 1.165) is 36.4 Å². The molecule has 23 heavy (non-hydrogen) atoms. The molecule has 2 atom stereocenters. The lowest BCUT2D eigenvalue weighted by Crippen LogP contribution is -2.43. The molecule has 2 aromatic carbocycles. The first-order valence-corrected chi connectivity index (χ1v) is 8.11. The van der Waals surface area contributed by atoms with Crippen molar-refractivity contribution >= 4 is 0 Å². The molecule has 0 aliphatic carbocycles. The third-order valence-corrected chi connectivity index (χ3v) is 4.01. The lowest BCUT2D eigenvalue weighted by molar-refractivity contribution is -0.0434. The molecule has 0 aromatic heterocycles. The molecule has 1 fully saturated rings. The van der Waals surface area contributed by atoms with Crippen molar-refractivity contribution in [1.29, 1.82) is 0 Å². The number of benzene rings is 2. The Morgan fingerprint density at radius 1 is 1.17 bits per heavy atom. The number of nitrogens with one attached hydrogen (secondary N) is 1. The Balaban J connectivity index is 1.88. The summed E-state index contributed by atoms with van der Waals surface area (Å²) in [5.74, 6) is 0.899. The van der Waals surface area contributed by atoms with Gasteiger partial charge in [-0.05, 0) is 23.6 Å². The summed E-state index contributed by atoms with van der Waals surface area (Å²) in [4.78, 5) is 0. The van der Waals surface area contributed by atoms with Crippen molar-refractivity contribution < 1.29 is 9.47 Å². The Morgan fingerprint density at radius 3 is 2.70 bits per heavy atom. The third-order valence-electron chi connectivity index (χ3n) is 4.01. The van der Waals surface area contributed by atoms with Crippen LogP contribution in [-0.2, 0) is 11.2 Å². The summed E-state index contributed by atoms with van der Waals surface area (Å²) >= 11 is 0. The van der Waals surface area contributed by atoms with Crippen LogP contribution >= 0.6 is 0 Å². The molecule has 0 saturated carbocycles. The molecule has 2 aromatic rings. The first-order chi connectivity index (χ1) is 11.4. The summed E-state index contributed by atoms with van der Waals surface area (Å²) < 4.78 is 12.4. The fourth-order valence-corrected chi connectivity index (χ4v) is 2.86. The highest BCUT2D eigenvalue weighted by Gasteiger charge is 2.28. The molecular formula is C20H23NO2. The zero-order valence-electron chi connectivity index (χ0n) is 13.3. The average molecular weight is 309 g/mol. The van der Waals surface area contributed by atoms with Crippen molar-refractivity contribution in [2.75, 3.05) is 19.7 Å². The zero-order valence-corrected chi connectivity index (χ0v) is 13.3. The van der Waals surface area contributed by atoms with Gasteiger partial charge in [0.1, 0.15) is 11.9 Å². The number of para-hydroxylation sites is 1. The van der Waals surface area contributed by atoms with E-state index in [9.17, 15) is 0 Å². The highest BCUT2D eigenvalue weighted by molar-refractivity contribution is 5.35. The van der Waals surface area contributed by atoms with E-state index in [1.165, 1.54) is 0 Å². The Labute approximate surface area is 137 Å². The van der Waals surface area contributed by atoms with Gasteiger partial charge in [-0.15, -0.1) is 6.58 Å². The van der Waals surface area contributed by atoms with Gasteiger partial charge in [0.15, 0.2) is 6.10 Å². The maximum atomic E-state index is 6.41. The van der Waals surface area contributed by atoms with Gasteiger partial charge in [-0.2, -0.15) is 0 Å². The van der Waals surface area contributed by atoms with Crippen LogP contribution in [0.3, 0.4) is 0 Å². The normalized spacial score (nSPS) is 19.0. The molecule has 0 radical (unpaired) electrons. The molecule has 3 nitrogen and oxygen atoms in total. The van der Waals surface area contributed by atoms with Gasteiger partial charge in [-0.25, -0.2) is 0 Å². The Bertz CT molecular complexity index is 621. The maximum absolute atomic E-state index is 6.41. The van der Waals surface area contributed by atoms with Gasteiger partial charge in [0, 0.05) is 13.1 Å². The van der Waals surface area contributed by atoms with Gasteiger partial charge in [0.25, 0.3) is 0 Å². The Hall–Kier alpha value is -2.10. The van der Waals surface area contributed by atoms with E-state index in [0.29, 0.717) is 6.61 Å². The number of ether oxygens (including phenoxy) is 2. The first kappa shape index (κ1) is 15.8. The van der Waals surface area contributed by atoms with Crippen molar-refractivity contribution in [3.63, 3.8) is 0 Å². The molecule has 0 amide bonds. The van der Waals surface area contributed by atoms with E-state index < -0.39 is 0 Å². The van der Waals surface area contributed by atoms with Crippen LogP contribution in [0.1, 0.15) is 17.2 Å². The predicted octanol–water partition coefficient (Wildman–Crippen LogP) is 3.52. The molecule has 1 heterocycles. The van der Waals surface area contributed by atoms with Crippen LogP contribution in [0.15, 0.2) is 67.3 Å². The predicted molar refractivity (Wildman–Crippen MR) is 92.8 cm³/mol. The van der Waals surface area contributed by atoms with E-state index in [1.54, 1.807) is 0 Å². The molecule has 1 aliphatic rings. The minimum absolute atomic E-state index is 0.00272. The average Bonchev–Trinajstić information content (AvgIpc) is 2.63. The number of hydrogen-bond donors (Lipinski definition) is 1. The molecule has 0 bridgehead atoms. The lowest BCUT2D eigenvalue weighted by Gasteiger charge is -2.32. The number of rotatable bonds is 6. The summed E-state index contributed by atoms with van der Waals surface area (Å²) in [5, 5.41) is 3.39. The summed E-state index contributed by atoms with van der Waals surface area (Å²) in [7, 11) is 0. The summed E-state index contributed by atoms with van der Waals surface area (Å²) in [6.07, 6.45) is 2.57. The summed E-state index contributed by atoms with van der Waals surface area (Å²) in [6, 6.07) is 18.4. The monoisotopic (exact) mass is 309 g/mol. The van der Waals surface area contributed by atoms with Crippen molar-refractivity contribution in [1.82, 2.24) is 5.32 Å². The van der Waals surface area contributed by atoms with Gasteiger partial charge in [0.2, 0.25) is 0 Å². The molecule has 1 saturated heterocycles. The van der Waals surface area contributed by atoms with Crippen LogP contribution in [0.4, 0.5) is 0 Å². The van der Waals surface area contributed by atoms with Crippen LogP contribution < -0.4 is 10.1 Å². The van der Waals surface area contributed by atoms with E-state index in [2.05, 4.69) is 30.1 Å². The maximum Gasteiger partial charge on any atom is 0.151 e. The van der Waals surface area contributed by atoms with Crippen LogP contribution in [0, 0.1) is 0 Å². The Morgan fingerprint density at radius 2 is 1.96 bits per heavy atom. The first-order valence-electron chi connectivity index (χ1n) is 8.11. The topological polar surface area (TPSA) is 30.5 Å². The van der Waals surface area contributed by atoms with Crippen molar-refractivity contribution in [2.24, 2.45) is 0 Å². The quantitative estimate of drug-likeness (QED) is 0.828. The molecule has 0 spiro atoms. The lowest BCUT2D eigenvalue weighted by atomic mass is 10.0. The number of morpholine rings is 1. The van der Waals surface area contributed by atoms with Crippen LogP contribution in [-0.4, -0.2) is 25.8 Å². The highest BCUT2D eigenvalue weighted by atomic mass is 16.5. The van der Waals surface area contributed by atoms with Crippen LogP contribution in [0.5, 0.6) is 5.75 Å².